The standard InChI is InChI=1S/C12H24O6S/c1-2-3-4-5-6-7-11-19(15,16)18-17-10-8-9-12(13)14/h2-11H2,1H3,(H,13,14). The maximum atomic E-state index is 11.4. The van der Waals surface area contributed by atoms with E-state index < -0.39 is 16.1 Å². The molecule has 0 heterocycles. The van der Waals surface area contributed by atoms with Crippen LogP contribution >= 0.6 is 0 Å². The van der Waals surface area contributed by atoms with Crippen LogP contribution in [0.5, 0.6) is 0 Å². The number of unbranched alkanes of at least 4 members (excludes halogenated alkanes) is 5. The van der Waals surface area contributed by atoms with E-state index in [1.807, 2.05) is 0 Å². The lowest BCUT2D eigenvalue weighted by Crippen LogP contribution is -2.12. The Hall–Kier alpha value is -0.660. The molecule has 1 N–H and O–H groups in total. The molecular formula is C12H24O6S. The first-order chi connectivity index (χ1) is 8.98. The van der Waals surface area contributed by atoms with E-state index >= 15 is 0 Å². The number of carbonyl (C=O) groups is 1. The number of hydrogen-bond donors (Lipinski definition) is 1. The van der Waals surface area contributed by atoms with Gasteiger partial charge in [0.2, 0.25) is 0 Å². The van der Waals surface area contributed by atoms with Crippen LogP contribution in [0.3, 0.4) is 0 Å². The molecule has 0 bridgehead atoms. The summed E-state index contributed by atoms with van der Waals surface area (Å²) in [7, 11) is -3.64. The number of hydrogen-bond acceptors (Lipinski definition) is 5. The van der Waals surface area contributed by atoms with Crippen molar-refractivity contribution in [3.05, 3.63) is 0 Å². The van der Waals surface area contributed by atoms with Gasteiger partial charge in [0, 0.05) is 6.42 Å². The zero-order chi connectivity index (χ0) is 14.6. The number of rotatable bonds is 13. The molecule has 0 aromatic carbocycles. The predicted octanol–water partition coefficient (Wildman–Crippen LogP) is 2.49. The summed E-state index contributed by atoms with van der Waals surface area (Å²) in [5.41, 5.74) is 0. The van der Waals surface area contributed by atoms with Crippen LogP contribution in [-0.4, -0.2) is 31.9 Å². The average Bonchev–Trinajstić information content (AvgIpc) is 2.32. The molecule has 0 aromatic heterocycles. The van der Waals surface area contributed by atoms with Crippen LogP contribution in [0.25, 0.3) is 0 Å². The Bertz CT molecular complexity index is 325. The molecule has 0 saturated heterocycles. The zero-order valence-corrected chi connectivity index (χ0v) is 12.3. The molecule has 0 radical (unpaired) electrons. The Morgan fingerprint density at radius 1 is 1.05 bits per heavy atom. The first-order valence-corrected chi connectivity index (χ1v) is 8.31. The van der Waals surface area contributed by atoms with Gasteiger partial charge in [-0.25, -0.2) is 4.89 Å². The van der Waals surface area contributed by atoms with Crippen LogP contribution in [0.4, 0.5) is 0 Å². The summed E-state index contributed by atoms with van der Waals surface area (Å²) < 4.78 is 27.0. The van der Waals surface area contributed by atoms with E-state index in [0.717, 1.165) is 25.7 Å². The minimum absolute atomic E-state index is 0.0397. The maximum Gasteiger partial charge on any atom is 0.303 e. The third-order valence-corrected chi connectivity index (χ3v) is 3.61. The maximum absolute atomic E-state index is 11.4. The predicted molar refractivity (Wildman–Crippen MR) is 71.1 cm³/mol. The average molecular weight is 296 g/mol. The van der Waals surface area contributed by atoms with Crippen molar-refractivity contribution in [2.75, 3.05) is 12.4 Å². The van der Waals surface area contributed by atoms with Gasteiger partial charge >= 0.3 is 5.97 Å². The van der Waals surface area contributed by atoms with Gasteiger partial charge in [0.1, 0.15) is 0 Å². The summed E-state index contributed by atoms with van der Waals surface area (Å²) in [6, 6.07) is 0. The van der Waals surface area contributed by atoms with E-state index in [-0.39, 0.29) is 25.2 Å². The van der Waals surface area contributed by atoms with Crippen LogP contribution in [0.2, 0.25) is 0 Å². The van der Waals surface area contributed by atoms with Gasteiger partial charge in [0.15, 0.2) is 0 Å². The number of carboxylic acids is 1. The highest BCUT2D eigenvalue weighted by Crippen LogP contribution is 2.07. The Kier molecular flexibility index (Phi) is 10.8. The number of aliphatic carboxylic acids is 1. The molecule has 6 nitrogen and oxygen atoms in total. The summed E-state index contributed by atoms with van der Waals surface area (Å²) in [5, 5.41) is 8.36. The van der Waals surface area contributed by atoms with E-state index in [0.29, 0.717) is 6.42 Å². The largest absolute Gasteiger partial charge is 0.481 e. The topological polar surface area (TPSA) is 89.9 Å². The van der Waals surface area contributed by atoms with E-state index in [9.17, 15) is 13.2 Å². The molecule has 0 aliphatic rings. The van der Waals surface area contributed by atoms with E-state index in [1.165, 1.54) is 6.42 Å². The summed E-state index contributed by atoms with van der Waals surface area (Å²) in [6.45, 7) is 2.09. The molecule has 0 atom stereocenters. The molecule has 0 fully saturated rings. The molecule has 114 valence electrons. The third kappa shape index (κ3) is 13.6. The van der Waals surface area contributed by atoms with Crippen molar-refractivity contribution in [1.29, 1.82) is 0 Å². The fourth-order valence-electron chi connectivity index (χ4n) is 1.48. The Balaban J connectivity index is 3.50. The van der Waals surface area contributed by atoms with Crippen LogP contribution in [0.1, 0.15) is 58.3 Å². The molecular weight excluding hydrogens is 272 g/mol. The third-order valence-electron chi connectivity index (χ3n) is 2.52. The summed E-state index contributed by atoms with van der Waals surface area (Å²) in [6.07, 6.45) is 6.07. The second-order valence-electron chi connectivity index (χ2n) is 4.42. The lowest BCUT2D eigenvalue weighted by atomic mass is 10.1. The Morgan fingerprint density at radius 3 is 2.32 bits per heavy atom. The minimum atomic E-state index is -3.64. The molecule has 0 rings (SSSR count). The zero-order valence-electron chi connectivity index (χ0n) is 11.5. The normalized spacial score (nSPS) is 11.6. The summed E-state index contributed by atoms with van der Waals surface area (Å²) in [4.78, 5) is 14.7. The highest BCUT2D eigenvalue weighted by molar-refractivity contribution is 7.86. The minimum Gasteiger partial charge on any atom is -0.481 e. The molecule has 0 amide bonds. The lowest BCUT2D eigenvalue weighted by Gasteiger charge is -2.04. The molecule has 0 aliphatic carbocycles. The summed E-state index contributed by atoms with van der Waals surface area (Å²) in [5.74, 6) is -1.00. The molecule has 0 saturated carbocycles. The second-order valence-corrected chi connectivity index (χ2v) is 6.08. The van der Waals surface area contributed by atoms with Crippen LogP contribution in [0, 0.1) is 0 Å². The smallest absolute Gasteiger partial charge is 0.303 e. The van der Waals surface area contributed by atoms with Gasteiger partial charge in [-0.15, -0.1) is 4.33 Å². The Labute approximate surface area is 115 Å². The molecule has 0 aromatic rings. The van der Waals surface area contributed by atoms with Gasteiger partial charge in [-0.05, 0) is 12.8 Å². The highest BCUT2D eigenvalue weighted by Gasteiger charge is 2.12. The van der Waals surface area contributed by atoms with Crippen molar-refractivity contribution in [1.82, 2.24) is 0 Å². The fourth-order valence-corrected chi connectivity index (χ4v) is 2.32. The van der Waals surface area contributed by atoms with Gasteiger partial charge < -0.3 is 5.11 Å². The van der Waals surface area contributed by atoms with Gasteiger partial charge in [0.25, 0.3) is 10.1 Å². The van der Waals surface area contributed by atoms with Gasteiger partial charge in [-0.3, -0.25) is 4.79 Å². The van der Waals surface area contributed by atoms with Gasteiger partial charge in [0.05, 0.1) is 12.4 Å². The van der Waals surface area contributed by atoms with E-state index in [4.69, 9.17) is 5.11 Å². The second kappa shape index (κ2) is 11.2. The van der Waals surface area contributed by atoms with Crippen molar-refractivity contribution in [2.24, 2.45) is 0 Å². The number of carboxylic acid groups (broad SMARTS) is 1. The van der Waals surface area contributed by atoms with Gasteiger partial charge in [-0.1, -0.05) is 39.0 Å². The Morgan fingerprint density at radius 2 is 1.68 bits per heavy atom. The first kappa shape index (κ1) is 18.3. The van der Waals surface area contributed by atoms with Crippen molar-refractivity contribution >= 4 is 16.1 Å². The van der Waals surface area contributed by atoms with E-state index in [2.05, 4.69) is 16.1 Å². The molecule has 19 heavy (non-hydrogen) atoms. The van der Waals surface area contributed by atoms with Crippen LogP contribution < -0.4 is 0 Å². The fraction of sp³-hybridized carbons (Fsp3) is 0.917. The van der Waals surface area contributed by atoms with Crippen molar-refractivity contribution < 1.29 is 27.5 Å². The molecule has 0 aliphatic heterocycles. The molecule has 0 unspecified atom stereocenters. The molecule has 0 spiro atoms. The van der Waals surface area contributed by atoms with E-state index in [1.54, 1.807) is 0 Å². The van der Waals surface area contributed by atoms with Crippen molar-refractivity contribution in [2.45, 2.75) is 58.3 Å². The lowest BCUT2D eigenvalue weighted by molar-refractivity contribution is -0.202. The molecule has 7 heteroatoms. The van der Waals surface area contributed by atoms with Crippen molar-refractivity contribution in [3.63, 3.8) is 0 Å². The monoisotopic (exact) mass is 296 g/mol. The van der Waals surface area contributed by atoms with Crippen LogP contribution in [-0.2, 0) is 24.1 Å². The first-order valence-electron chi connectivity index (χ1n) is 6.73. The highest BCUT2D eigenvalue weighted by atomic mass is 32.2. The van der Waals surface area contributed by atoms with Crippen LogP contribution in [0.15, 0.2) is 0 Å². The van der Waals surface area contributed by atoms with Gasteiger partial charge in [-0.2, -0.15) is 8.42 Å². The summed E-state index contributed by atoms with van der Waals surface area (Å²) >= 11 is 0. The quantitative estimate of drug-likeness (QED) is 0.319. The van der Waals surface area contributed by atoms with Crippen molar-refractivity contribution in [3.8, 4) is 0 Å². The SMILES string of the molecule is CCCCCCCCS(=O)(=O)OOCCCC(=O)O.